The van der Waals surface area contributed by atoms with E-state index in [-0.39, 0.29) is 35.8 Å². The van der Waals surface area contributed by atoms with Gasteiger partial charge < -0.3 is 34.3 Å². The number of nitrogens with one attached hydrogen (secondary N) is 2. The Bertz CT molecular complexity index is 1060. The summed E-state index contributed by atoms with van der Waals surface area (Å²) in [6, 6.07) is 5.25. The lowest BCUT2D eigenvalue weighted by atomic mass is 10.0. The summed E-state index contributed by atoms with van der Waals surface area (Å²) < 4.78 is 26.4. The van der Waals surface area contributed by atoms with E-state index in [0.29, 0.717) is 11.5 Å². The molecule has 1 atom stereocenters. The van der Waals surface area contributed by atoms with Gasteiger partial charge in [0.25, 0.3) is 0 Å². The van der Waals surface area contributed by atoms with Gasteiger partial charge in [0.1, 0.15) is 17.9 Å². The van der Waals surface area contributed by atoms with Crippen LogP contribution in [0.4, 0.5) is 4.79 Å². The first-order valence-corrected chi connectivity index (χ1v) is 10.8. The molecular weight excluding hydrogens is 452 g/mol. The van der Waals surface area contributed by atoms with Crippen LogP contribution in [0.15, 0.2) is 40.9 Å². The third-order valence-corrected chi connectivity index (χ3v) is 5.69. The van der Waals surface area contributed by atoms with Gasteiger partial charge in [-0.15, -0.1) is 11.3 Å². The number of benzene rings is 1. The highest BCUT2D eigenvalue weighted by Gasteiger charge is 2.35. The molecule has 2 heterocycles. The number of thiophene rings is 1. The number of carbonyl (C=O) groups is 3. The molecule has 10 nitrogen and oxygen atoms in total. The van der Waals surface area contributed by atoms with Crippen molar-refractivity contribution in [2.45, 2.75) is 13.0 Å². The summed E-state index contributed by atoms with van der Waals surface area (Å²) in [6.45, 7) is 1.44. The van der Waals surface area contributed by atoms with Crippen LogP contribution in [-0.2, 0) is 14.3 Å². The summed E-state index contributed by atoms with van der Waals surface area (Å²) in [5.74, 6) is -0.475. The molecule has 3 rings (SSSR count). The zero-order chi connectivity index (χ0) is 24.0. The maximum absolute atomic E-state index is 12.9. The van der Waals surface area contributed by atoms with Gasteiger partial charge in [0.15, 0.2) is 11.5 Å². The van der Waals surface area contributed by atoms with Crippen molar-refractivity contribution in [3.63, 3.8) is 0 Å². The van der Waals surface area contributed by atoms with Crippen molar-refractivity contribution in [3.8, 4) is 17.2 Å². The third-order valence-electron chi connectivity index (χ3n) is 4.75. The lowest BCUT2D eigenvalue weighted by Crippen LogP contribution is -2.46. The van der Waals surface area contributed by atoms with E-state index in [0.717, 1.165) is 4.88 Å². The van der Waals surface area contributed by atoms with Gasteiger partial charge >= 0.3 is 18.0 Å². The molecule has 1 aromatic heterocycles. The molecule has 0 fully saturated rings. The summed E-state index contributed by atoms with van der Waals surface area (Å²) in [6.07, 6.45) is 0. The van der Waals surface area contributed by atoms with Crippen LogP contribution in [0.1, 0.15) is 28.2 Å². The second-order valence-electron chi connectivity index (χ2n) is 6.64. The summed E-state index contributed by atoms with van der Waals surface area (Å²) in [7, 11) is 4.30. The van der Waals surface area contributed by atoms with Gasteiger partial charge in [0.05, 0.1) is 45.2 Å². The Kier molecular flexibility index (Phi) is 7.78. The van der Waals surface area contributed by atoms with Crippen LogP contribution in [0.25, 0.3) is 0 Å². The number of methoxy groups -OCH3 is 3. The van der Waals surface area contributed by atoms with E-state index in [9.17, 15) is 14.4 Å². The molecule has 0 saturated carbocycles. The molecule has 1 aliphatic heterocycles. The largest absolute Gasteiger partial charge is 0.496 e. The Hall–Kier alpha value is -3.73. The van der Waals surface area contributed by atoms with Gasteiger partial charge in [0, 0.05) is 17.0 Å². The number of rotatable bonds is 9. The fourth-order valence-corrected chi connectivity index (χ4v) is 4.04. The van der Waals surface area contributed by atoms with E-state index in [1.165, 1.54) is 44.8 Å². The predicted molar refractivity (Wildman–Crippen MR) is 119 cm³/mol. The molecule has 1 aliphatic rings. The number of urea groups is 1. The third kappa shape index (κ3) is 5.20. The molecule has 33 heavy (non-hydrogen) atoms. The van der Waals surface area contributed by atoms with Crippen LogP contribution < -0.4 is 24.8 Å². The Labute approximate surface area is 194 Å². The second-order valence-corrected chi connectivity index (χ2v) is 7.62. The van der Waals surface area contributed by atoms with Gasteiger partial charge in [-0.3, -0.25) is 0 Å². The van der Waals surface area contributed by atoms with E-state index in [1.807, 2.05) is 5.38 Å². The number of hydrogen-bond acceptors (Lipinski definition) is 9. The van der Waals surface area contributed by atoms with E-state index in [2.05, 4.69) is 10.6 Å². The first-order valence-electron chi connectivity index (χ1n) is 9.91. The molecule has 0 spiro atoms. The summed E-state index contributed by atoms with van der Waals surface area (Å²) in [5.41, 5.74) is 0.373. The SMILES string of the molecule is CCOC(=O)C1=C(COC(=O)c2cc(OC)c(OC)cc2OC)NC(=O)N[C@@H]1c1cccs1. The van der Waals surface area contributed by atoms with Crippen LogP contribution in [0.5, 0.6) is 17.2 Å². The number of esters is 2. The predicted octanol–water partition coefficient (Wildman–Crippen LogP) is 2.80. The number of ether oxygens (including phenoxy) is 5. The average molecular weight is 477 g/mol. The lowest BCUT2D eigenvalue weighted by molar-refractivity contribution is -0.139. The highest BCUT2D eigenvalue weighted by atomic mass is 32.1. The van der Waals surface area contributed by atoms with Gasteiger partial charge in [-0.1, -0.05) is 6.07 Å². The summed E-state index contributed by atoms with van der Waals surface area (Å²) >= 11 is 1.37. The van der Waals surface area contributed by atoms with Gasteiger partial charge in [0.2, 0.25) is 0 Å². The van der Waals surface area contributed by atoms with Crippen molar-refractivity contribution in [1.82, 2.24) is 10.6 Å². The smallest absolute Gasteiger partial charge is 0.342 e. The quantitative estimate of drug-likeness (QED) is 0.530. The molecule has 2 aromatic rings. The molecule has 2 amide bonds. The van der Waals surface area contributed by atoms with Crippen LogP contribution in [0, 0.1) is 0 Å². The molecule has 0 saturated heterocycles. The fourth-order valence-electron chi connectivity index (χ4n) is 3.25. The molecule has 0 unspecified atom stereocenters. The van der Waals surface area contributed by atoms with Gasteiger partial charge in [-0.05, 0) is 18.4 Å². The van der Waals surface area contributed by atoms with Crippen LogP contribution in [-0.4, -0.2) is 52.5 Å². The van der Waals surface area contributed by atoms with E-state index < -0.39 is 24.0 Å². The normalized spacial score (nSPS) is 15.3. The maximum Gasteiger partial charge on any atom is 0.342 e. The van der Waals surface area contributed by atoms with E-state index in [4.69, 9.17) is 23.7 Å². The van der Waals surface area contributed by atoms with Gasteiger partial charge in [-0.25, -0.2) is 14.4 Å². The maximum atomic E-state index is 12.9. The average Bonchev–Trinajstić information content (AvgIpc) is 3.36. The summed E-state index contributed by atoms with van der Waals surface area (Å²) in [5, 5.41) is 7.10. The van der Waals surface area contributed by atoms with E-state index >= 15 is 0 Å². The van der Waals surface area contributed by atoms with Crippen molar-refractivity contribution < 1.29 is 38.1 Å². The van der Waals surface area contributed by atoms with Crippen LogP contribution in [0.2, 0.25) is 0 Å². The number of hydrogen-bond donors (Lipinski definition) is 2. The van der Waals surface area contributed by atoms with Crippen molar-refractivity contribution in [2.75, 3.05) is 34.5 Å². The fraction of sp³-hybridized carbons (Fsp3) is 0.318. The standard InChI is InChI=1S/C22H24N2O8S/c1-5-31-21(26)18-13(23-22(27)24-19(18)17-7-6-8-33-17)11-32-20(25)12-9-15(29-3)16(30-4)10-14(12)28-2/h6-10,19H,5,11H2,1-4H3,(H2,23,24,27)/t19-/m1/s1. The molecule has 176 valence electrons. The Morgan fingerprint density at radius 2 is 1.70 bits per heavy atom. The monoisotopic (exact) mass is 476 g/mol. The molecule has 11 heteroatoms. The Morgan fingerprint density at radius 3 is 2.30 bits per heavy atom. The minimum atomic E-state index is -0.746. The highest BCUT2D eigenvalue weighted by molar-refractivity contribution is 7.10. The second kappa shape index (κ2) is 10.7. The molecule has 0 radical (unpaired) electrons. The van der Waals surface area contributed by atoms with Crippen molar-refractivity contribution in [1.29, 1.82) is 0 Å². The zero-order valence-electron chi connectivity index (χ0n) is 18.6. The molecule has 0 bridgehead atoms. The van der Waals surface area contributed by atoms with Crippen molar-refractivity contribution in [2.24, 2.45) is 0 Å². The first kappa shape index (κ1) is 23.9. The minimum absolute atomic E-state index is 0.0866. The number of carbonyl (C=O) groups excluding carboxylic acids is 3. The van der Waals surface area contributed by atoms with Crippen LogP contribution >= 0.6 is 11.3 Å². The Morgan fingerprint density at radius 1 is 1.00 bits per heavy atom. The van der Waals surface area contributed by atoms with Crippen molar-refractivity contribution >= 4 is 29.3 Å². The van der Waals surface area contributed by atoms with Crippen LogP contribution in [0.3, 0.4) is 0 Å². The molecular formula is C22H24N2O8S. The number of amides is 2. The van der Waals surface area contributed by atoms with Crippen molar-refractivity contribution in [3.05, 3.63) is 51.4 Å². The topological polar surface area (TPSA) is 121 Å². The zero-order valence-corrected chi connectivity index (χ0v) is 19.4. The lowest BCUT2D eigenvalue weighted by Gasteiger charge is -2.28. The van der Waals surface area contributed by atoms with Gasteiger partial charge in [-0.2, -0.15) is 0 Å². The highest BCUT2D eigenvalue weighted by Crippen LogP contribution is 2.35. The minimum Gasteiger partial charge on any atom is -0.496 e. The van der Waals surface area contributed by atoms with E-state index in [1.54, 1.807) is 19.1 Å². The molecule has 1 aromatic carbocycles. The first-order chi connectivity index (χ1) is 15.9. The summed E-state index contributed by atoms with van der Waals surface area (Å²) in [4.78, 5) is 38.6. The molecule has 0 aliphatic carbocycles. The Balaban J connectivity index is 1.93. The molecule has 2 N–H and O–H groups in total.